The molecule has 3 aromatic carbocycles. The minimum absolute atomic E-state index is 0.114. The van der Waals surface area contributed by atoms with Crippen molar-refractivity contribution < 1.29 is 39.5 Å². The first-order valence-corrected chi connectivity index (χ1v) is 10.1. The van der Waals surface area contributed by atoms with Crippen LogP contribution >= 0.6 is 0 Å². The maximum atomic E-state index is 15.2. The fraction of sp³-hybridized carbons (Fsp3) is 0.364. The zero-order chi connectivity index (χ0) is 24.1. The van der Waals surface area contributed by atoms with Crippen molar-refractivity contribution in [2.24, 2.45) is 0 Å². The summed E-state index contributed by atoms with van der Waals surface area (Å²) in [6, 6.07) is 0. The number of benzene rings is 3. The minimum Gasteiger partial charge on any atom is -0.205 e. The molecule has 3 aromatic rings. The molecular weight excluding hydrogens is 446 g/mol. The summed E-state index contributed by atoms with van der Waals surface area (Å²) in [5.41, 5.74) is -0.634. The monoisotopic (exact) mass is 464 g/mol. The summed E-state index contributed by atoms with van der Waals surface area (Å²) in [4.78, 5) is 0. The van der Waals surface area contributed by atoms with E-state index in [1.54, 1.807) is 13.8 Å². The van der Waals surface area contributed by atoms with Gasteiger partial charge in [0.2, 0.25) is 0 Å². The van der Waals surface area contributed by atoms with Gasteiger partial charge in [0, 0.05) is 10.8 Å². The molecule has 3 rings (SSSR count). The molecule has 10 heteroatoms. The summed E-state index contributed by atoms with van der Waals surface area (Å²) in [6.07, 6.45) is 1.62. The quantitative estimate of drug-likeness (QED) is 0.120. The Morgan fingerprint density at radius 2 is 0.875 bits per heavy atom. The number of hydrogen-bond acceptors (Lipinski definition) is 0. The number of hydrogen-bond donors (Lipinski definition) is 0. The Hall–Kier alpha value is -2.39. The van der Waals surface area contributed by atoms with E-state index in [0.717, 1.165) is 0 Å². The fourth-order valence-corrected chi connectivity index (χ4v) is 4.49. The lowest BCUT2D eigenvalue weighted by Crippen LogP contribution is -2.29. The standard InChI is InChI=1S/C22H18BF9/c1-3-5-7-22(23,6-4-2)12-8-10(16(27)20(31)18(29)14(8)25)13(24)11-9(12)15(26)19(30)21(32)17(11)28/h3-7,23H2,1-2H3. The van der Waals surface area contributed by atoms with Gasteiger partial charge in [-0.1, -0.05) is 46.0 Å². The molecule has 0 saturated carbocycles. The van der Waals surface area contributed by atoms with Crippen LogP contribution in [0.2, 0.25) is 0 Å². The molecule has 0 fully saturated rings. The van der Waals surface area contributed by atoms with Gasteiger partial charge in [0.1, 0.15) is 13.7 Å². The van der Waals surface area contributed by atoms with Crippen molar-refractivity contribution in [3.05, 3.63) is 57.9 Å². The molecule has 0 N–H and O–H groups in total. The molecular formula is C22H18BF9. The van der Waals surface area contributed by atoms with E-state index >= 15 is 4.39 Å². The molecule has 0 spiro atoms. The Balaban J connectivity index is 2.79. The van der Waals surface area contributed by atoms with Crippen LogP contribution in [0.3, 0.4) is 0 Å². The van der Waals surface area contributed by atoms with E-state index in [1.165, 1.54) is 7.85 Å². The van der Waals surface area contributed by atoms with Gasteiger partial charge in [0.05, 0.1) is 10.8 Å². The van der Waals surface area contributed by atoms with Crippen molar-refractivity contribution >= 4 is 29.4 Å². The second-order valence-electron chi connectivity index (χ2n) is 8.12. The van der Waals surface area contributed by atoms with Gasteiger partial charge in [-0.25, -0.2) is 39.5 Å². The van der Waals surface area contributed by atoms with Crippen LogP contribution in [0.1, 0.15) is 51.5 Å². The smallest absolute Gasteiger partial charge is 0.198 e. The summed E-state index contributed by atoms with van der Waals surface area (Å²) in [5.74, 6) is -19.8. The van der Waals surface area contributed by atoms with E-state index in [-0.39, 0.29) is 12.8 Å². The fourth-order valence-electron chi connectivity index (χ4n) is 4.49. The van der Waals surface area contributed by atoms with E-state index < -0.39 is 84.8 Å². The Labute approximate surface area is 178 Å². The second kappa shape index (κ2) is 8.52. The van der Waals surface area contributed by atoms with Gasteiger partial charge >= 0.3 is 0 Å². The number of rotatable bonds is 6. The first-order valence-electron chi connectivity index (χ1n) is 10.1. The van der Waals surface area contributed by atoms with Crippen LogP contribution in [-0.2, 0) is 5.31 Å². The van der Waals surface area contributed by atoms with Crippen LogP contribution in [0.5, 0.6) is 0 Å². The predicted octanol–water partition coefficient (Wildman–Crippen LogP) is 7.06. The molecule has 0 radical (unpaired) electrons. The molecule has 0 heterocycles. The van der Waals surface area contributed by atoms with Gasteiger partial charge in [0.15, 0.2) is 46.5 Å². The maximum absolute atomic E-state index is 15.2. The van der Waals surface area contributed by atoms with Gasteiger partial charge in [-0.05, 0) is 10.9 Å². The summed E-state index contributed by atoms with van der Waals surface area (Å²) >= 11 is 0. The maximum Gasteiger partial charge on any atom is 0.198 e. The van der Waals surface area contributed by atoms with Gasteiger partial charge in [-0.3, -0.25) is 0 Å². The van der Waals surface area contributed by atoms with E-state index in [0.29, 0.717) is 19.3 Å². The summed E-state index contributed by atoms with van der Waals surface area (Å²) in [5, 5.41) is -6.69. The van der Waals surface area contributed by atoms with Crippen molar-refractivity contribution in [2.75, 3.05) is 0 Å². The van der Waals surface area contributed by atoms with Crippen LogP contribution in [-0.4, -0.2) is 7.85 Å². The van der Waals surface area contributed by atoms with Gasteiger partial charge in [-0.15, -0.1) is 0 Å². The lowest BCUT2D eigenvalue weighted by Gasteiger charge is -2.33. The third-order valence-electron chi connectivity index (χ3n) is 5.96. The highest BCUT2D eigenvalue weighted by Gasteiger charge is 2.38. The Morgan fingerprint density at radius 1 is 0.500 bits per heavy atom. The second-order valence-corrected chi connectivity index (χ2v) is 8.12. The average molecular weight is 464 g/mol. The van der Waals surface area contributed by atoms with E-state index in [2.05, 4.69) is 0 Å². The first-order chi connectivity index (χ1) is 14.9. The number of unbranched alkanes of at least 4 members (excludes halogenated alkanes) is 1. The van der Waals surface area contributed by atoms with Crippen LogP contribution in [0.15, 0.2) is 0 Å². The Kier molecular flexibility index (Phi) is 6.46. The molecule has 0 nitrogen and oxygen atoms in total. The average Bonchev–Trinajstić information content (AvgIpc) is 2.76. The highest BCUT2D eigenvalue weighted by Crippen LogP contribution is 2.47. The lowest BCUT2D eigenvalue weighted by atomic mass is 9.57. The molecule has 1 atom stereocenters. The number of halogens is 9. The highest BCUT2D eigenvalue weighted by atomic mass is 19.2. The summed E-state index contributed by atoms with van der Waals surface area (Å²) in [7, 11) is 1.44. The van der Waals surface area contributed by atoms with Gasteiger partial charge in [0.25, 0.3) is 0 Å². The zero-order valence-electron chi connectivity index (χ0n) is 17.4. The summed E-state index contributed by atoms with van der Waals surface area (Å²) in [6.45, 7) is 3.48. The molecule has 0 aliphatic heterocycles. The topological polar surface area (TPSA) is 0 Å². The highest BCUT2D eigenvalue weighted by molar-refractivity contribution is 6.20. The SMILES string of the molecule is BC(CCC)(CCCC)c1c2c(F)c(F)c(F)c(F)c2c(F)c2c(F)c(F)c(F)c(F)c12. The van der Waals surface area contributed by atoms with E-state index in [1.807, 2.05) is 0 Å². The minimum atomic E-state index is -2.37. The molecule has 172 valence electrons. The molecule has 1 unspecified atom stereocenters. The van der Waals surface area contributed by atoms with Crippen LogP contribution in [0.25, 0.3) is 21.5 Å². The van der Waals surface area contributed by atoms with Crippen molar-refractivity contribution in [1.82, 2.24) is 0 Å². The molecule has 32 heavy (non-hydrogen) atoms. The molecule has 0 amide bonds. The largest absolute Gasteiger partial charge is 0.205 e. The first kappa shape index (κ1) is 24.3. The molecule has 0 saturated heterocycles. The van der Waals surface area contributed by atoms with E-state index in [4.69, 9.17) is 0 Å². The molecule has 0 aliphatic rings. The van der Waals surface area contributed by atoms with Gasteiger partial charge < -0.3 is 0 Å². The van der Waals surface area contributed by atoms with Crippen LogP contribution in [0, 0.1) is 52.4 Å². The molecule has 0 bridgehead atoms. The van der Waals surface area contributed by atoms with E-state index in [9.17, 15) is 35.1 Å². The van der Waals surface area contributed by atoms with Gasteiger partial charge in [-0.2, -0.15) is 0 Å². The number of fused-ring (bicyclic) bond motifs is 2. The summed E-state index contributed by atoms with van der Waals surface area (Å²) < 4.78 is 131. The van der Waals surface area contributed by atoms with Crippen molar-refractivity contribution in [2.45, 2.75) is 51.3 Å². The van der Waals surface area contributed by atoms with Crippen molar-refractivity contribution in [1.29, 1.82) is 0 Å². The van der Waals surface area contributed by atoms with Crippen LogP contribution in [0.4, 0.5) is 39.5 Å². The van der Waals surface area contributed by atoms with Crippen LogP contribution < -0.4 is 0 Å². The lowest BCUT2D eigenvalue weighted by molar-refractivity contribution is 0.410. The molecule has 0 aromatic heterocycles. The third kappa shape index (κ3) is 3.33. The normalized spacial score (nSPS) is 13.8. The Bertz CT molecular complexity index is 1160. The third-order valence-corrected chi connectivity index (χ3v) is 5.96. The van der Waals surface area contributed by atoms with Crippen molar-refractivity contribution in [3.8, 4) is 0 Å². The predicted molar refractivity (Wildman–Crippen MR) is 106 cm³/mol. The Morgan fingerprint density at radius 3 is 1.22 bits per heavy atom. The molecule has 0 aliphatic carbocycles. The van der Waals surface area contributed by atoms with Crippen molar-refractivity contribution in [3.63, 3.8) is 0 Å². The zero-order valence-corrected chi connectivity index (χ0v) is 17.4.